The first-order chi connectivity index (χ1) is 9.70. The quantitative estimate of drug-likeness (QED) is 0.611. The molecule has 0 saturated carbocycles. The first kappa shape index (κ1) is 16.0. The Morgan fingerprint density at radius 1 is 1.25 bits per heavy atom. The molecule has 0 unspecified atom stereocenters. The van der Waals surface area contributed by atoms with E-state index in [1.54, 1.807) is 11.3 Å². The first-order valence-electron chi connectivity index (χ1n) is 6.54. The molecular formula is C15H17Br2NOS. The van der Waals surface area contributed by atoms with Gasteiger partial charge in [0.05, 0.1) is 8.95 Å². The van der Waals surface area contributed by atoms with E-state index < -0.39 is 0 Å². The number of benzene rings is 1. The van der Waals surface area contributed by atoms with Crippen LogP contribution in [0.4, 0.5) is 0 Å². The highest BCUT2D eigenvalue weighted by Crippen LogP contribution is 2.35. The number of ether oxygens (including phenoxy) is 1. The molecule has 0 aliphatic heterocycles. The third-order valence-electron chi connectivity index (χ3n) is 2.75. The van der Waals surface area contributed by atoms with E-state index in [0.717, 1.165) is 34.2 Å². The number of hydrogen-bond donors (Lipinski definition) is 1. The minimum Gasteiger partial charge on any atom is -0.486 e. The molecule has 20 heavy (non-hydrogen) atoms. The van der Waals surface area contributed by atoms with Gasteiger partial charge >= 0.3 is 0 Å². The van der Waals surface area contributed by atoms with Gasteiger partial charge in [0.2, 0.25) is 0 Å². The summed E-state index contributed by atoms with van der Waals surface area (Å²) in [6, 6.07) is 8.33. The van der Waals surface area contributed by atoms with Crippen LogP contribution in [0.2, 0.25) is 0 Å². The van der Waals surface area contributed by atoms with E-state index in [2.05, 4.69) is 67.7 Å². The van der Waals surface area contributed by atoms with Gasteiger partial charge < -0.3 is 10.1 Å². The Kier molecular flexibility index (Phi) is 6.55. The van der Waals surface area contributed by atoms with Crippen molar-refractivity contribution in [2.24, 2.45) is 0 Å². The van der Waals surface area contributed by atoms with Gasteiger partial charge in [-0.1, -0.05) is 13.0 Å². The molecule has 5 heteroatoms. The Bertz CT molecular complexity index is 520. The third-order valence-corrected chi connectivity index (χ3v) is 4.78. The lowest BCUT2D eigenvalue weighted by Gasteiger charge is -2.12. The maximum atomic E-state index is 5.89. The summed E-state index contributed by atoms with van der Waals surface area (Å²) in [4.78, 5) is 1.22. The molecule has 0 radical (unpaired) electrons. The SMILES string of the molecule is CCCNCc1cc(Br)c(OCc2cccs2)c(Br)c1. The van der Waals surface area contributed by atoms with Gasteiger partial charge in [-0.3, -0.25) is 0 Å². The molecule has 0 atom stereocenters. The zero-order valence-electron chi connectivity index (χ0n) is 11.3. The molecule has 0 aliphatic rings. The lowest BCUT2D eigenvalue weighted by molar-refractivity contribution is 0.305. The van der Waals surface area contributed by atoms with Gasteiger partial charge in [-0.25, -0.2) is 0 Å². The average Bonchev–Trinajstić information content (AvgIpc) is 2.91. The Hall–Kier alpha value is -0.360. The first-order valence-corrected chi connectivity index (χ1v) is 9.01. The van der Waals surface area contributed by atoms with E-state index in [0.29, 0.717) is 6.61 Å². The van der Waals surface area contributed by atoms with Crippen molar-refractivity contribution in [1.82, 2.24) is 5.32 Å². The largest absolute Gasteiger partial charge is 0.486 e. The maximum Gasteiger partial charge on any atom is 0.148 e. The molecule has 0 spiro atoms. The van der Waals surface area contributed by atoms with Gasteiger partial charge in [-0.15, -0.1) is 11.3 Å². The lowest BCUT2D eigenvalue weighted by atomic mass is 10.2. The summed E-state index contributed by atoms with van der Waals surface area (Å²) < 4.78 is 7.86. The van der Waals surface area contributed by atoms with Gasteiger partial charge in [-0.2, -0.15) is 0 Å². The summed E-state index contributed by atoms with van der Waals surface area (Å²) in [6.45, 7) is 4.67. The third kappa shape index (κ3) is 4.58. The fraction of sp³-hybridized carbons (Fsp3) is 0.333. The van der Waals surface area contributed by atoms with Crippen LogP contribution in [0.5, 0.6) is 5.75 Å². The van der Waals surface area contributed by atoms with Crippen LogP contribution in [-0.2, 0) is 13.2 Å². The number of rotatable bonds is 7. The van der Waals surface area contributed by atoms with E-state index in [9.17, 15) is 0 Å². The molecule has 0 saturated heterocycles. The second-order valence-corrected chi connectivity index (χ2v) is 7.17. The molecule has 0 bridgehead atoms. The smallest absolute Gasteiger partial charge is 0.148 e. The minimum atomic E-state index is 0.600. The highest BCUT2D eigenvalue weighted by molar-refractivity contribution is 9.11. The molecule has 1 aromatic carbocycles. The normalized spacial score (nSPS) is 10.8. The van der Waals surface area contributed by atoms with Gasteiger partial charge in [0.25, 0.3) is 0 Å². The number of thiophene rings is 1. The minimum absolute atomic E-state index is 0.600. The van der Waals surface area contributed by atoms with Crippen molar-refractivity contribution in [2.45, 2.75) is 26.5 Å². The van der Waals surface area contributed by atoms with Crippen molar-refractivity contribution >= 4 is 43.2 Å². The highest BCUT2D eigenvalue weighted by Gasteiger charge is 2.09. The fourth-order valence-corrected chi connectivity index (χ4v) is 3.93. The van der Waals surface area contributed by atoms with Crippen molar-refractivity contribution in [2.75, 3.05) is 6.54 Å². The molecule has 0 aliphatic carbocycles. The average molecular weight is 419 g/mol. The molecule has 1 aromatic heterocycles. The highest BCUT2D eigenvalue weighted by atomic mass is 79.9. The van der Waals surface area contributed by atoms with Crippen molar-refractivity contribution < 1.29 is 4.74 Å². The molecule has 108 valence electrons. The summed E-state index contributed by atoms with van der Waals surface area (Å²) in [5, 5.41) is 5.46. The standard InChI is InChI=1S/C15H17Br2NOS/c1-2-5-18-9-11-7-13(16)15(14(17)8-11)19-10-12-4-3-6-20-12/h3-4,6-8,18H,2,5,9-10H2,1H3. The predicted octanol–water partition coefficient (Wildman–Crippen LogP) is 5.35. The van der Waals surface area contributed by atoms with E-state index in [1.165, 1.54) is 10.4 Å². The molecular weight excluding hydrogens is 402 g/mol. The monoisotopic (exact) mass is 417 g/mol. The summed E-state index contributed by atoms with van der Waals surface area (Å²) in [5.41, 5.74) is 1.24. The van der Waals surface area contributed by atoms with Crippen molar-refractivity contribution in [3.63, 3.8) is 0 Å². The summed E-state index contributed by atoms with van der Waals surface area (Å²) in [7, 11) is 0. The van der Waals surface area contributed by atoms with Crippen LogP contribution in [0.25, 0.3) is 0 Å². The van der Waals surface area contributed by atoms with Crippen molar-refractivity contribution in [3.05, 3.63) is 49.0 Å². The van der Waals surface area contributed by atoms with Crippen LogP contribution < -0.4 is 10.1 Å². The van der Waals surface area contributed by atoms with Crippen LogP contribution in [-0.4, -0.2) is 6.54 Å². The number of hydrogen-bond acceptors (Lipinski definition) is 3. The van der Waals surface area contributed by atoms with Gasteiger partial charge in [0.15, 0.2) is 0 Å². The molecule has 2 nitrogen and oxygen atoms in total. The molecule has 0 amide bonds. The number of halogens is 2. The second kappa shape index (κ2) is 8.17. The zero-order valence-corrected chi connectivity index (χ0v) is 15.3. The van der Waals surface area contributed by atoms with E-state index in [-0.39, 0.29) is 0 Å². The van der Waals surface area contributed by atoms with Gasteiger partial charge in [-0.05, 0) is 74.0 Å². The molecule has 2 aromatic rings. The van der Waals surface area contributed by atoms with Gasteiger partial charge in [0, 0.05) is 11.4 Å². The zero-order chi connectivity index (χ0) is 14.4. The Balaban J connectivity index is 2.02. The van der Waals surface area contributed by atoms with Crippen LogP contribution in [0.3, 0.4) is 0 Å². The van der Waals surface area contributed by atoms with Crippen LogP contribution in [0.1, 0.15) is 23.8 Å². The predicted molar refractivity (Wildman–Crippen MR) is 92.5 cm³/mol. The van der Waals surface area contributed by atoms with Crippen LogP contribution >= 0.6 is 43.2 Å². The molecule has 1 N–H and O–H groups in total. The van der Waals surface area contributed by atoms with E-state index in [4.69, 9.17) is 4.74 Å². The van der Waals surface area contributed by atoms with Gasteiger partial charge in [0.1, 0.15) is 12.4 Å². The second-order valence-electron chi connectivity index (χ2n) is 4.43. The molecule has 2 rings (SSSR count). The Labute approximate surface area is 140 Å². The van der Waals surface area contributed by atoms with E-state index in [1.807, 2.05) is 6.07 Å². The molecule has 0 fully saturated rings. The van der Waals surface area contributed by atoms with Crippen LogP contribution in [0.15, 0.2) is 38.6 Å². The molecule has 1 heterocycles. The van der Waals surface area contributed by atoms with Crippen molar-refractivity contribution in [1.29, 1.82) is 0 Å². The van der Waals surface area contributed by atoms with Crippen molar-refractivity contribution in [3.8, 4) is 5.75 Å². The summed E-state index contributed by atoms with van der Waals surface area (Å²) >= 11 is 8.89. The van der Waals surface area contributed by atoms with E-state index >= 15 is 0 Å². The van der Waals surface area contributed by atoms with Crippen LogP contribution in [0, 0.1) is 0 Å². The Morgan fingerprint density at radius 2 is 2.00 bits per heavy atom. The maximum absolute atomic E-state index is 5.89. The topological polar surface area (TPSA) is 21.3 Å². The lowest BCUT2D eigenvalue weighted by Crippen LogP contribution is -2.13. The fourth-order valence-electron chi connectivity index (χ4n) is 1.80. The Morgan fingerprint density at radius 3 is 2.60 bits per heavy atom. The number of nitrogens with one attached hydrogen (secondary N) is 1. The summed E-state index contributed by atoms with van der Waals surface area (Å²) in [6.07, 6.45) is 1.14. The summed E-state index contributed by atoms with van der Waals surface area (Å²) in [5.74, 6) is 0.859.